The van der Waals surface area contributed by atoms with Crippen LogP contribution in [-0.4, -0.2) is 35.9 Å². The van der Waals surface area contributed by atoms with Gasteiger partial charge in [0.25, 0.3) is 0 Å². The van der Waals surface area contributed by atoms with Gasteiger partial charge in [0.1, 0.15) is 12.6 Å². The highest BCUT2D eigenvalue weighted by atomic mass is 19.4. The molecule has 0 aromatic rings. The first kappa shape index (κ1) is 17.5. The summed E-state index contributed by atoms with van der Waals surface area (Å²) < 4.78 is 35.9. The molecule has 0 aromatic carbocycles. The quantitative estimate of drug-likeness (QED) is 0.723. The van der Waals surface area contributed by atoms with Crippen LogP contribution in [0.4, 0.5) is 18.0 Å². The molecule has 1 unspecified atom stereocenters. The summed E-state index contributed by atoms with van der Waals surface area (Å²) in [5.41, 5.74) is -0.150. The molecule has 1 atom stereocenters. The van der Waals surface area contributed by atoms with Gasteiger partial charge in [0.15, 0.2) is 0 Å². The van der Waals surface area contributed by atoms with Crippen LogP contribution in [0.3, 0.4) is 0 Å². The summed E-state index contributed by atoms with van der Waals surface area (Å²) in [4.78, 5) is 22.0. The average molecular weight is 284 g/mol. The molecule has 0 bridgehead atoms. The van der Waals surface area contributed by atoms with Gasteiger partial charge < -0.3 is 15.7 Å². The first-order valence-electron chi connectivity index (χ1n) is 5.75. The SMILES string of the molecule is CC(C)(C)CCC(NC(=O)O)C(=O)NCC(F)(F)F. The van der Waals surface area contributed by atoms with E-state index in [1.54, 1.807) is 5.32 Å². The highest BCUT2D eigenvalue weighted by molar-refractivity contribution is 5.85. The molecule has 0 heterocycles. The predicted molar refractivity (Wildman–Crippen MR) is 62.7 cm³/mol. The van der Waals surface area contributed by atoms with Crippen molar-refractivity contribution in [3.05, 3.63) is 0 Å². The predicted octanol–water partition coefficient (Wildman–Crippen LogP) is 2.13. The van der Waals surface area contributed by atoms with Crippen LogP contribution in [0.1, 0.15) is 33.6 Å². The first-order valence-corrected chi connectivity index (χ1v) is 5.75. The number of halogens is 3. The Labute approximate surface area is 109 Å². The summed E-state index contributed by atoms with van der Waals surface area (Å²) in [6.45, 7) is 4.19. The van der Waals surface area contributed by atoms with E-state index in [1.165, 1.54) is 0 Å². The molecule has 0 aromatic heterocycles. The van der Waals surface area contributed by atoms with Gasteiger partial charge in [-0.3, -0.25) is 4.79 Å². The summed E-state index contributed by atoms with van der Waals surface area (Å²) >= 11 is 0. The van der Waals surface area contributed by atoms with Crippen molar-refractivity contribution < 1.29 is 27.9 Å². The molecule has 112 valence electrons. The number of hydrogen-bond acceptors (Lipinski definition) is 2. The maximum atomic E-state index is 12.0. The number of rotatable bonds is 5. The molecule has 0 radical (unpaired) electrons. The Morgan fingerprint density at radius 1 is 1.21 bits per heavy atom. The summed E-state index contributed by atoms with van der Waals surface area (Å²) in [5, 5.41) is 12.2. The molecular weight excluding hydrogens is 265 g/mol. The maximum absolute atomic E-state index is 12.0. The Kier molecular flexibility index (Phi) is 6.11. The smallest absolute Gasteiger partial charge is 0.405 e. The second-order valence-electron chi connectivity index (χ2n) is 5.43. The van der Waals surface area contributed by atoms with Crippen molar-refractivity contribution in [1.29, 1.82) is 0 Å². The lowest BCUT2D eigenvalue weighted by Crippen LogP contribution is -2.48. The van der Waals surface area contributed by atoms with E-state index in [4.69, 9.17) is 5.11 Å². The third-order valence-corrected chi connectivity index (χ3v) is 2.26. The maximum Gasteiger partial charge on any atom is 0.405 e. The number of amides is 2. The standard InChI is InChI=1S/C11H19F3N2O3/c1-10(2,3)5-4-7(16-9(18)19)8(17)15-6-11(12,13)14/h7,16H,4-6H2,1-3H3,(H,15,17)(H,18,19). The molecule has 2 amide bonds. The fourth-order valence-corrected chi connectivity index (χ4v) is 1.31. The molecule has 0 spiro atoms. The van der Waals surface area contributed by atoms with E-state index in [2.05, 4.69) is 0 Å². The lowest BCUT2D eigenvalue weighted by atomic mass is 9.88. The summed E-state index contributed by atoms with van der Waals surface area (Å²) in [5.74, 6) is -0.969. The largest absolute Gasteiger partial charge is 0.465 e. The van der Waals surface area contributed by atoms with Gasteiger partial charge in [-0.15, -0.1) is 0 Å². The van der Waals surface area contributed by atoms with Crippen LogP contribution in [0.25, 0.3) is 0 Å². The van der Waals surface area contributed by atoms with E-state index in [9.17, 15) is 22.8 Å². The summed E-state index contributed by atoms with van der Waals surface area (Å²) in [6.07, 6.45) is -5.33. The van der Waals surface area contributed by atoms with Crippen molar-refractivity contribution in [2.45, 2.75) is 45.8 Å². The molecule has 0 fully saturated rings. The van der Waals surface area contributed by atoms with E-state index < -0.39 is 30.8 Å². The molecule has 0 saturated carbocycles. The second-order valence-corrected chi connectivity index (χ2v) is 5.43. The van der Waals surface area contributed by atoms with Crippen LogP contribution in [0, 0.1) is 5.41 Å². The summed E-state index contributed by atoms with van der Waals surface area (Å²) in [6, 6.07) is -1.18. The lowest BCUT2D eigenvalue weighted by Gasteiger charge is -2.22. The van der Waals surface area contributed by atoms with Gasteiger partial charge in [0.05, 0.1) is 0 Å². The number of nitrogens with one attached hydrogen (secondary N) is 2. The van der Waals surface area contributed by atoms with Crippen molar-refractivity contribution in [3.8, 4) is 0 Å². The molecule has 0 aliphatic heterocycles. The minimum atomic E-state index is -4.52. The van der Waals surface area contributed by atoms with E-state index in [1.807, 2.05) is 26.1 Å². The van der Waals surface area contributed by atoms with Crippen molar-refractivity contribution in [3.63, 3.8) is 0 Å². The number of carboxylic acid groups (broad SMARTS) is 1. The van der Waals surface area contributed by atoms with Crippen LogP contribution in [0.15, 0.2) is 0 Å². The Morgan fingerprint density at radius 2 is 1.74 bits per heavy atom. The fraction of sp³-hybridized carbons (Fsp3) is 0.818. The van der Waals surface area contributed by atoms with Crippen LogP contribution in [0.2, 0.25) is 0 Å². The van der Waals surface area contributed by atoms with Crippen LogP contribution >= 0.6 is 0 Å². The highest BCUT2D eigenvalue weighted by Gasteiger charge is 2.30. The Bertz CT molecular complexity index is 324. The van der Waals surface area contributed by atoms with E-state index in [-0.39, 0.29) is 11.8 Å². The average Bonchev–Trinajstić information content (AvgIpc) is 2.18. The molecule has 8 heteroatoms. The molecule has 5 nitrogen and oxygen atoms in total. The zero-order valence-electron chi connectivity index (χ0n) is 11.1. The molecule has 3 N–H and O–H groups in total. The van der Waals surface area contributed by atoms with Gasteiger partial charge in [-0.25, -0.2) is 4.79 Å². The van der Waals surface area contributed by atoms with Crippen molar-refractivity contribution >= 4 is 12.0 Å². The van der Waals surface area contributed by atoms with Crippen molar-refractivity contribution in [2.24, 2.45) is 5.41 Å². The minimum Gasteiger partial charge on any atom is -0.465 e. The van der Waals surface area contributed by atoms with E-state index in [0.717, 1.165) is 0 Å². The second kappa shape index (κ2) is 6.63. The monoisotopic (exact) mass is 284 g/mol. The van der Waals surface area contributed by atoms with Gasteiger partial charge in [-0.1, -0.05) is 20.8 Å². The van der Waals surface area contributed by atoms with Crippen molar-refractivity contribution in [2.75, 3.05) is 6.54 Å². The normalized spacial score (nSPS) is 13.8. The third kappa shape index (κ3) is 10.2. The molecule has 0 rings (SSSR count). The minimum absolute atomic E-state index is 0.138. The lowest BCUT2D eigenvalue weighted by molar-refractivity contribution is -0.139. The van der Waals surface area contributed by atoms with Crippen LogP contribution in [-0.2, 0) is 4.79 Å². The number of alkyl halides is 3. The van der Waals surface area contributed by atoms with Gasteiger partial charge in [-0.2, -0.15) is 13.2 Å². The van der Waals surface area contributed by atoms with Gasteiger partial charge in [0, 0.05) is 0 Å². The third-order valence-electron chi connectivity index (χ3n) is 2.26. The number of hydrogen-bond donors (Lipinski definition) is 3. The van der Waals surface area contributed by atoms with Gasteiger partial charge in [-0.05, 0) is 18.3 Å². The Balaban J connectivity index is 4.48. The molecular formula is C11H19F3N2O3. The fourth-order valence-electron chi connectivity index (χ4n) is 1.31. The summed E-state index contributed by atoms with van der Waals surface area (Å²) in [7, 11) is 0. The topological polar surface area (TPSA) is 78.4 Å². The zero-order valence-corrected chi connectivity index (χ0v) is 11.1. The van der Waals surface area contributed by atoms with E-state index in [0.29, 0.717) is 6.42 Å². The van der Waals surface area contributed by atoms with Crippen LogP contribution in [0.5, 0.6) is 0 Å². The highest BCUT2D eigenvalue weighted by Crippen LogP contribution is 2.21. The van der Waals surface area contributed by atoms with Gasteiger partial charge in [0.2, 0.25) is 5.91 Å². The molecule has 19 heavy (non-hydrogen) atoms. The Hall–Kier alpha value is -1.47. The molecule has 0 saturated heterocycles. The van der Waals surface area contributed by atoms with Crippen molar-refractivity contribution in [1.82, 2.24) is 10.6 Å². The Morgan fingerprint density at radius 3 is 2.11 bits per heavy atom. The zero-order chi connectivity index (χ0) is 15.3. The molecule has 0 aliphatic rings. The number of carbonyl (C=O) groups excluding carboxylic acids is 1. The molecule has 0 aliphatic carbocycles. The first-order chi connectivity index (χ1) is 8.41. The number of carbonyl (C=O) groups is 2. The van der Waals surface area contributed by atoms with Gasteiger partial charge >= 0.3 is 12.3 Å². The van der Waals surface area contributed by atoms with Crippen LogP contribution < -0.4 is 10.6 Å². The van der Waals surface area contributed by atoms with E-state index >= 15 is 0 Å².